The summed E-state index contributed by atoms with van der Waals surface area (Å²) in [5, 5.41) is 16.5. The van der Waals surface area contributed by atoms with Crippen molar-refractivity contribution >= 4 is 34.0 Å². The van der Waals surface area contributed by atoms with Crippen LogP contribution >= 0.6 is 22.9 Å². The van der Waals surface area contributed by atoms with E-state index in [1.165, 1.54) is 11.3 Å². The predicted octanol–water partition coefficient (Wildman–Crippen LogP) is 4.30. The Hall–Kier alpha value is -2.25. The minimum absolute atomic E-state index is 0.181. The van der Waals surface area contributed by atoms with Gasteiger partial charge in [0.15, 0.2) is 11.5 Å². The molecule has 24 heavy (non-hydrogen) atoms. The summed E-state index contributed by atoms with van der Waals surface area (Å²) in [5.74, 6) is 0.597. The second kappa shape index (κ2) is 7.11. The third-order valence-corrected chi connectivity index (χ3v) is 4.25. The lowest BCUT2D eigenvalue weighted by molar-refractivity contribution is 0.101. The summed E-state index contributed by atoms with van der Waals surface area (Å²) in [6.45, 7) is 4.21. The van der Waals surface area contributed by atoms with Crippen LogP contribution in [0.5, 0.6) is 0 Å². The van der Waals surface area contributed by atoms with Crippen LogP contribution in [0, 0.1) is 5.92 Å². The molecule has 0 unspecified atom stereocenters. The molecule has 0 atom stereocenters. The summed E-state index contributed by atoms with van der Waals surface area (Å²) in [6, 6.07) is 8.67. The maximum atomic E-state index is 12.2. The second-order valence-electron chi connectivity index (χ2n) is 5.64. The fraction of sp³-hybridized carbons (Fsp3) is 0.250. The summed E-state index contributed by atoms with van der Waals surface area (Å²) in [6.07, 6.45) is 0.832. The van der Waals surface area contributed by atoms with Crippen LogP contribution in [0.1, 0.15) is 29.3 Å². The highest BCUT2D eigenvalue weighted by Crippen LogP contribution is 2.23. The lowest BCUT2D eigenvalue weighted by atomic mass is 10.1. The lowest BCUT2D eigenvalue weighted by Crippen LogP contribution is -2.11. The van der Waals surface area contributed by atoms with E-state index in [1.807, 2.05) is 0 Å². The Bertz CT molecular complexity index is 842. The van der Waals surface area contributed by atoms with E-state index in [0.29, 0.717) is 21.8 Å². The molecule has 0 saturated heterocycles. The number of aromatic nitrogens is 3. The molecule has 0 spiro atoms. The molecule has 0 radical (unpaired) electrons. The molecule has 6 nitrogen and oxygen atoms in total. The first kappa shape index (κ1) is 16.6. The number of hydrogen-bond donors (Lipinski definition) is 1. The van der Waals surface area contributed by atoms with Gasteiger partial charge in [-0.25, -0.2) is 0 Å². The van der Waals surface area contributed by atoms with Crippen LogP contribution in [0.15, 0.2) is 34.9 Å². The fourth-order valence-electron chi connectivity index (χ4n) is 2.03. The predicted molar refractivity (Wildman–Crippen MR) is 93.4 cm³/mol. The Kier molecular flexibility index (Phi) is 4.92. The van der Waals surface area contributed by atoms with Crippen LogP contribution in [-0.4, -0.2) is 21.3 Å². The average molecular weight is 363 g/mol. The molecule has 0 fully saturated rings. The summed E-state index contributed by atoms with van der Waals surface area (Å²) < 4.78 is 5.22. The molecule has 3 aromatic rings. The Balaban J connectivity index is 1.69. The largest absolute Gasteiger partial charge is 0.355 e. The minimum Gasteiger partial charge on any atom is -0.355 e. The molecule has 124 valence electrons. The number of rotatable bonds is 5. The maximum absolute atomic E-state index is 12.2. The third kappa shape index (κ3) is 3.98. The number of nitrogens with zero attached hydrogens (tertiary/aromatic N) is 3. The normalized spacial score (nSPS) is 11.0. The minimum atomic E-state index is -0.383. The molecule has 0 saturated carbocycles. The van der Waals surface area contributed by atoms with E-state index >= 15 is 0 Å². The van der Waals surface area contributed by atoms with Crippen molar-refractivity contribution in [3.8, 4) is 11.3 Å². The van der Waals surface area contributed by atoms with Crippen LogP contribution in [0.25, 0.3) is 11.3 Å². The first-order valence-electron chi connectivity index (χ1n) is 7.37. The maximum Gasteiger partial charge on any atom is 0.279 e. The number of halogens is 1. The molecule has 2 heterocycles. The fourth-order valence-corrected chi connectivity index (χ4v) is 3.10. The van der Waals surface area contributed by atoms with Gasteiger partial charge in [-0.2, -0.15) is 0 Å². The number of anilines is 1. The highest BCUT2D eigenvalue weighted by Gasteiger charge is 2.16. The quantitative estimate of drug-likeness (QED) is 0.731. The standard InChI is InChI=1S/C16H15ClN4O2S/c1-9(2)7-14-19-20-16(24-14)18-15(22)12-8-13(23-21-12)10-3-5-11(17)6-4-10/h3-6,8-9H,7H2,1-2H3,(H,18,20,22). The average Bonchev–Trinajstić information content (AvgIpc) is 3.17. The molecule has 0 bridgehead atoms. The van der Waals surface area contributed by atoms with Gasteiger partial charge in [0.1, 0.15) is 5.01 Å². The van der Waals surface area contributed by atoms with Gasteiger partial charge in [0.05, 0.1) is 0 Å². The van der Waals surface area contributed by atoms with E-state index in [-0.39, 0.29) is 11.6 Å². The Labute approximate surface area is 147 Å². The topological polar surface area (TPSA) is 80.9 Å². The first-order chi connectivity index (χ1) is 11.5. The van der Waals surface area contributed by atoms with Crippen LogP contribution in [0.3, 0.4) is 0 Å². The molecule has 1 amide bonds. The van der Waals surface area contributed by atoms with Crippen LogP contribution < -0.4 is 5.32 Å². The van der Waals surface area contributed by atoms with Crippen molar-refractivity contribution in [1.82, 2.24) is 15.4 Å². The highest BCUT2D eigenvalue weighted by atomic mass is 35.5. The SMILES string of the molecule is CC(C)Cc1nnc(NC(=O)c2cc(-c3ccc(Cl)cc3)on2)s1. The van der Waals surface area contributed by atoms with Crippen molar-refractivity contribution in [2.24, 2.45) is 5.92 Å². The van der Waals surface area contributed by atoms with Gasteiger partial charge in [-0.05, 0) is 30.2 Å². The zero-order valence-corrected chi connectivity index (χ0v) is 14.7. The second-order valence-corrected chi connectivity index (χ2v) is 7.13. The molecule has 2 aromatic heterocycles. The summed E-state index contributed by atoms with van der Waals surface area (Å²) >= 11 is 7.22. The lowest BCUT2D eigenvalue weighted by Gasteiger charge is -1.97. The van der Waals surface area contributed by atoms with Gasteiger partial charge in [-0.1, -0.05) is 41.9 Å². The molecule has 0 aliphatic rings. The zero-order chi connectivity index (χ0) is 17.1. The Morgan fingerprint density at radius 1 is 1.29 bits per heavy atom. The number of hydrogen-bond acceptors (Lipinski definition) is 6. The van der Waals surface area contributed by atoms with Gasteiger partial charge in [-0.3, -0.25) is 10.1 Å². The van der Waals surface area contributed by atoms with Gasteiger partial charge >= 0.3 is 0 Å². The molecule has 8 heteroatoms. The highest BCUT2D eigenvalue weighted by molar-refractivity contribution is 7.15. The van der Waals surface area contributed by atoms with E-state index in [1.54, 1.807) is 30.3 Å². The van der Waals surface area contributed by atoms with Crippen LogP contribution in [0.2, 0.25) is 5.02 Å². The van der Waals surface area contributed by atoms with Gasteiger partial charge in [-0.15, -0.1) is 10.2 Å². The summed E-state index contributed by atoms with van der Waals surface area (Å²) in [5.41, 5.74) is 0.974. The number of nitrogens with one attached hydrogen (secondary N) is 1. The monoisotopic (exact) mass is 362 g/mol. The summed E-state index contributed by atoms with van der Waals surface area (Å²) in [4.78, 5) is 12.2. The molecule has 1 N–H and O–H groups in total. The number of carbonyl (C=O) groups is 1. The number of carbonyl (C=O) groups excluding carboxylic acids is 1. The molecule has 3 rings (SSSR count). The smallest absolute Gasteiger partial charge is 0.279 e. The zero-order valence-electron chi connectivity index (χ0n) is 13.1. The van der Waals surface area contributed by atoms with E-state index in [4.69, 9.17) is 16.1 Å². The van der Waals surface area contributed by atoms with Crippen molar-refractivity contribution in [2.45, 2.75) is 20.3 Å². The van der Waals surface area contributed by atoms with Crippen molar-refractivity contribution < 1.29 is 9.32 Å². The van der Waals surface area contributed by atoms with E-state index < -0.39 is 0 Å². The van der Waals surface area contributed by atoms with Gasteiger partial charge in [0.25, 0.3) is 5.91 Å². The van der Waals surface area contributed by atoms with Crippen LogP contribution in [0.4, 0.5) is 5.13 Å². The third-order valence-electron chi connectivity index (χ3n) is 3.14. The number of amides is 1. The van der Waals surface area contributed by atoms with Crippen molar-refractivity contribution in [1.29, 1.82) is 0 Å². The van der Waals surface area contributed by atoms with E-state index in [9.17, 15) is 4.79 Å². The van der Waals surface area contributed by atoms with Crippen molar-refractivity contribution in [3.05, 3.63) is 46.1 Å². The Morgan fingerprint density at radius 2 is 2.04 bits per heavy atom. The first-order valence-corrected chi connectivity index (χ1v) is 8.57. The van der Waals surface area contributed by atoms with Gasteiger partial charge in [0, 0.05) is 23.1 Å². The van der Waals surface area contributed by atoms with Crippen molar-refractivity contribution in [2.75, 3.05) is 5.32 Å². The number of benzene rings is 1. The van der Waals surface area contributed by atoms with Crippen LogP contribution in [-0.2, 0) is 6.42 Å². The molecular formula is C16H15ClN4O2S. The van der Waals surface area contributed by atoms with Gasteiger partial charge in [0.2, 0.25) is 5.13 Å². The van der Waals surface area contributed by atoms with E-state index in [0.717, 1.165) is 17.0 Å². The van der Waals surface area contributed by atoms with E-state index in [2.05, 4.69) is 34.5 Å². The molecule has 0 aliphatic carbocycles. The van der Waals surface area contributed by atoms with Gasteiger partial charge < -0.3 is 4.52 Å². The molecular weight excluding hydrogens is 348 g/mol. The Morgan fingerprint density at radius 3 is 2.75 bits per heavy atom. The molecule has 1 aromatic carbocycles. The molecule has 0 aliphatic heterocycles. The summed E-state index contributed by atoms with van der Waals surface area (Å²) in [7, 11) is 0. The van der Waals surface area contributed by atoms with Crippen molar-refractivity contribution in [3.63, 3.8) is 0 Å².